The fraction of sp³-hybridized carbons (Fsp3) is 0.286. The summed E-state index contributed by atoms with van der Waals surface area (Å²) in [5, 5.41) is 2.24. The summed E-state index contributed by atoms with van der Waals surface area (Å²) in [5.74, 6) is 0. The molecule has 16 heavy (non-hydrogen) atoms. The molecule has 2 heteroatoms. The maximum absolute atomic E-state index is 5.97. The molecule has 0 aliphatic carbocycles. The van der Waals surface area contributed by atoms with Crippen LogP contribution in [0.2, 0.25) is 0 Å². The van der Waals surface area contributed by atoms with Gasteiger partial charge in [-0.3, -0.25) is 0 Å². The molecule has 0 aliphatic heterocycles. The van der Waals surface area contributed by atoms with Gasteiger partial charge in [-0.1, -0.05) is 25.5 Å². The highest BCUT2D eigenvalue weighted by Crippen LogP contribution is 2.26. The Morgan fingerprint density at radius 2 is 1.88 bits per heavy atom. The number of hydrogen-bond acceptors (Lipinski definition) is 2. The number of aryl methyl sites for hydroxylation is 1. The second kappa shape index (κ2) is 4.44. The van der Waals surface area contributed by atoms with Crippen molar-refractivity contribution in [1.29, 1.82) is 0 Å². The van der Waals surface area contributed by atoms with Crippen LogP contribution in [0.5, 0.6) is 0 Å². The summed E-state index contributed by atoms with van der Waals surface area (Å²) in [7, 11) is 0. The summed E-state index contributed by atoms with van der Waals surface area (Å²) in [4.78, 5) is 0. The lowest BCUT2D eigenvalue weighted by molar-refractivity contribution is 0.796. The predicted molar refractivity (Wildman–Crippen MR) is 71.4 cm³/mol. The SMILES string of the molecule is CCCCc1ccc2cc(N)cc(N)c2c1. The topological polar surface area (TPSA) is 52.0 Å². The van der Waals surface area contributed by atoms with Crippen molar-refractivity contribution in [2.75, 3.05) is 11.5 Å². The molecule has 0 saturated carbocycles. The lowest BCUT2D eigenvalue weighted by Crippen LogP contribution is -1.93. The van der Waals surface area contributed by atoms with Gasteiger partial charge in [0.1, 0.15) is 0 Å². The molecule has 0 heterocycles. The molecule has 0 aromatic heterocycles. The van der Waals surface area contributed by atoms with Crippen molar-refractivity contribution < 1.29 is 0 Å². The van der Waals surface area contributed by atoms with Crippen LogP contribution in [0.15, 0.2) is 30.3 Å². The number of nitrogen functional groups attached to an aromatic ring is 2. The van der Waals surface area contributed by atoms with Crippen LogP contribution in [-0.2, 0) is 6.42 Å². The number of fused-ring (bicyclic) bond motifs is 1. The summed E-state index contributed by atoms with van der Waals surface area (Å²) in [6, 6.07) is 10.2. The van der Waals surface area contributed by atoms with Crippen LogP contribution in [-0.4, -0.2) is 0 Å². The van der Waals surface area contributed by atoms with Crippen molar-refractivity contribution in [3.8, 4) is 0 Å². The molecule has 0 atom stereocenters. The van der Waals surface area contributed by atoms with Gasteiger partial charge in [0.05, 0.1) is 0 Å². The van der Waals surface area contributed by atoms with E-state index in [2.05, 4.69) is 25.1 Å². The molecule has 0 radical (unpaired) electrons. The van der Waals surface area contributed by atoms with E-state index in [-0.39, 0.29) is 0 Å². The number of rotatable bonds is 3. The Balaban J connectivity index is 2.45. The lowest BCUT2D eigenvalue weighted by atomic mass is 10.0. The second-order valence-corrected chi connectivity index (χ2v) is 4.27. The van der Waals surface area contributed by atoms with Crippen molar-refractivity contribution in [2.24, 2.45) is 0 Å². The highest BCUT2D eigenvalue weighted by Gasteiger charge is 2.01. The van der Waals surface area contributed by atoms with E-state index in [9.17, 15) is 0 Å². The van der Waals surface area contributed by atoms with E-state index >= 15 is 0 Å². The Morgan fingerprint density at radius 1 is 1.06 bits per heavy atom. The summed E-state index contributed by atoms with van der Waals surface area (Å²) in [5.41, 5.74) is 14.6. The molecule has 84 valence electrons. The molecule has 4 N–H and O–H groups in total. The molecule has 0 aliphatic rings. The Bertz CT molecular complexity index is 503. The lowest BCUT2D eigenvalue weighted by Gasteiger charge is -2.07. The molecule has 0 saturated heterocycles. The average molecular weight is 214 g/mol. The van der Waals surface area contributed by atoms with Gasteiger partial charge < -0.3 is 11.5 Å². The predicted octanol–water partition coefficient (Wildman–Crippen LogP) is 3.35. The zero-order valence-corrected chi connectivity index (χ0v) is 9.66. The van der Waals surface area contributed by atoms with Crippen LogP contribution in [0.3, 0.4) is 0 Å². The van der Waals surface area contributed by atoms with Gasteiger partial charge in [0.2, 0.25) is 0 Å². The molecule has 0 amide bonds. The van der Waals surface area contributed by atoms with Gasteiger partial charge in [0.15, 0.2) is 0 Å². The van der Waals surface area contributed by atoms with Crippen molar-refractivity contribution >= 4 is 22.1 Å². The zero-order valence-electron chi connectivity index (χ0n) is 9.66. The van der Waals surface area contributed by atoms with E-state index in [0.29, 0.717) is 0 Å². The van der Waals surface area contributed by atoms with Crippen LogP contribution in [0.1, 0.15) is 25.3 Å². The normalized spacial score (nSPS) is 10.8. The smallest absolute Gasteiger partial charge is 0.0414 e. The second-order valence-electron chi connectivity index (χ2n) is 4.27. The fourth-order valence-corrected chi connectivity index (χ4v) is 1.99. The Morgan fingerprint density at radius 3 is 2.62 bits per heavy atom. The molecule has 0 unspecified atom stereocenters. The van der Waals surface area contributed by atoms with Crippen molar-refractivity contribution in [2.45, 2.75) is 26.2 Å². The quantitative estimate of drug-likeness (QED) is 0.770. The Labute approximate surface area is 96.3 Å². The first-order valence-electron chi connectivity index (χ1n) is 5.78. The van der Waals surface area contributed by atoms with E-state index in [1.54, 1.807) is 0 Å². The fourth-order valence-electron chi connectivity index (χ4n) is 1.99. The van der Waals surface area contributed by atoms with Crippen molar-refractivity contribution in [3.05, 3.63) is 35.9 Å². The molecule has 0 fully saturated rings. The third-order valence-electron chi connectivity index (χ3n) is 2.89. The van der Waals surface area contributed by atoms with Crippen LogP contribution >= 0.6 is 0 Å². The minimum absolute atomic E-state index is 0.728. The summed E-state index contributed by atoms with van der Waals surface area (Å²) in [6.45, 7) is 2.20. The summed E-state index contributed by atoms with van der Waals surface area (Å²) < 4.78 is 0. The molecule has 2 aromatic carbocycles. The van der Waals surface area contributed by atoms with Crippen LogP contribution in [0.25, 0.3) is 10.8 Å². The minimum Gasteiger partial charge on any atom is -0.399 e. The summed E-state index contributed by atoms with van der Waals surface area (Å²) >= 11 is 0. The van der Waals surface area contributed by atoms with Crippen molar-refractivity contribution in [3.63, 3.8) is 0 Å². The molecule has 2 nitrogen and oxygen atoms in total. The molecule has 2 rings (SSSR count). The Hall–Kier alpha value is -1.70. The van der Waals surface area contributed by atoms with Crippen LogP contribution in [0.4, 0.5) is 11.4 Å². The monoisotopic (exact) mass is 214 g/mol. The third kappa shape index (κ3) is 2.11. The van der Waals surface area contributed by atoms with Gasteiger partial charge in [-0.15, -0.1) is 0 Å². The molecular weight excluding hydrogens is 196 g/mol. The van der Waals surface area contributed by atoms with Gasteiger partial charge in [-0.05, 0) is 42.0 Å². The first-order valence-corrected chi connectivity index (χ1v) is 5.78. The number of unbranched alkanes of at least 4 members (excludes halogenated alkanes) is 1. The molecule has 0 spiro atoms. The number of nitrogens with two attached hydrogens (primary N) is 2. The maximum Gasteiger partial charge on any atom is 0.0414 e. The standard InChI is InChI=1S/C14H18N2/c1-2-3-4-10-5-6-11-8-12(15)9-14(16)13(11)7-10/h5-9H,2-4,15-16H2,1H3. The van der Waals surface area contributed by atoms with E-state index in [1.165, 1.54) is 18.4 Å². The number of benzene rings is 2. The Kier molecular flexibility index (Phi) is 3.00. The number of anilines is 2. The highest BCUT2D eigenvalue weighted by molar-refractivity contribution is 5.95. The van der Waals surface area contributed by atoms with E-state index in [0.717, 1.165) is 28.6 Å². The summed E-state index contributed by atoms with van der Waals surface area (Å²) in [6.07, 6.45) is 3.56. The molecular formula is C14H18N2. The largest absolute Gasteiger partial charge is 0.399 e. The van der Waals surface area contributed by atoms with Gasteiger partial charge in [0.25, 0.3) is 0 Å². The van der Waals surface area contributed by atoms with Gasteiger partial charge in [0, 0.05) is 16.8 Å². The van der Waals surface area contributed by atoms with Gasteiger partial charge in [-0.2, -0.15) is 0 Å². The van der Waals surface area contributed by atoms with Crippen LogP contribution in [0, 0.1) is 0 Å². The van der Waals surface area contributed by atoms with E-state index in [4.69, 9.17) is 11.5 Å². The van der Waals surface area contributed by atoms with Crippen molar-refractivity contribution in [1.82, 2.24) is 0 Å². The highest BCUT2D eigenvalue weighted by atomic mass is 14.6. The first-order chi connectivity index (χ1) is 7.70. The minimum atomic E-state index is 0.728. The maximum atomic E-state index is 5.97. The van der Waals surface area contributed by atoms with Gasteiger partial charge >= 0.3 is 0 Å². The van der Waals surface area contributed by atoms with E-state index < -0.39 is 0 Å². The van der Waals surface area contributed by atoms with E-state index in [1.807, 2.05) is 12.1 Å². The van der Waals surface area contributed by atoms with Crippen LogP contribution < -0.4 is 11.5 Å². The zero-order chi connectivity index (χ0) is 11.5. The average Bonchev–Trinajstić information content (AvgIpc) is 2.26. The number of hydrogen-bond donors (Lipinski definition) is 2. The van der Waals surface area contributed by atoms with Gasteiger partial charge in [-0.25, -0.2) is 0 Å². The molecule has 2 aromatic rings. The first kappa shape index (κ1) is 10.8. The molecule has 0 bridgehead atoms. The third-order valence-corrected chi connectivity index (χ3v) is 2.89.